The van der Waals surface area contributed by atoms with Gasteiger partial charge in [-0.25, -0.2) is 14.4 Å². The molecule has 0 rings (SSSR count). The zero-order valence-electron chi connectivity index (χ0n) is 11.6. The van der Waals surface area contributed by atoms with Crippen LogP contribution in [0.1, 0.15) is 6.92 Å². The van der Waals surface area contributed by atoms with Crippen LogP contribution in [-0.4, -0.2) is 47.8 Å². The number of carbonyl (C=O) groups excluding carboxylic acids is 3. The highest BCUT2D eigenvalue weighted by molar-refractivity contribution is 5.95. The van der Waals surface area contributed by atoms with Gasteiger partial charge in [-0.1, -0.05) is 13.2 Å². The van der Waals surface area contributed by atoms with Gasteiger partial charge in [-0.3, -0.25) is 0 Å². The highest BCUT2D eigenvalue weighted by Gasteiger charge is 2.35. The van der Waals surface area contributed by atoms with Crippen molar-refractivity contribution in [1.82, 2.24) is 0 Å². The average Bonchev–Trinajstić information content (AvgIpc) is 2.45. The summed E-state index contributed by atoms with van der Waals surface area (Å²) in [4.78, 5) is 33.7. The molecule has 0 saturated carbocycles. The zero-order valence-corrected chi connectivity index (χ0v) is 11.6. The van der Waals surface area contributed by atoms with Gasteiger partial charge in [0.2, 0.25) is 0 Å². The second kappa shape index (κ2) is 7.98. The summed E-state index contributed by atoms with van der Waals surface area (Å²) in [5.74, 6) is -5.91. The van der Waals surface area contributed by atoms with E-state index < -0.39 is 30.5 Å². The summed E-state index contributed by atoms with van der Waals surface area (Å²) in [7, 11) is 1.15. The van der Waals surface area contributed by atoms with E-state index in [0.717, 1.165) is 13.2 Å². The third kappa shape index (κ3) is 6.02. The summed E-state index contributed by atoms with van der Waals surface area (Å²) in [5.41, 5.74) is -0.283. The third-order valence-electron chi connectivity index (χ3n) is 2.04. The van der Waals surface area contributed by atoms with E-state index in [4.69, 9.17) is 5.11 Å². The molecule has 0 aromatic rings. The van der Waals surface area contributed by atoms with E-state index in [9.17, 15) is 19.5 Å². The Labute approximate surface area is 120 Å². The Balaban J connectivity index is 4.93. The average molecular weight is 300 g/mol. The van der Waals surface area contributed by atoms with Gasteiger partial charge in [0.25, 0.3) is 0 Å². The van der Waals surface area contributed by atoms with Crippen molar-refractivity contribution >= 4 is 17.9 Å². The summed E-state index contributed by atoms with van der Waals surface area (Å²) in [6.07, 6.45) is 1.74. The Morgan fingerprint density at radius 1 is 1.24 bits per heavy atom. The number of methoxy groups -OCH3 is 1. The van der Waals surface area contributed by atoms with E-state index in [1.165, 1.54) is 6.92 Å². The van der Waals surface area contributed by atoms with Crippen LogP contribution in [-0.2, 0) is 28.6 Å². The summed E-state index contributed by atoms with van der Waals surface area (Å²) < 4.78 is 13.1. The second-order valence-electron chi connectivity index (χ2n) is 3.73. The molecule has 0 heterocycles. The van der Waals surface area contributed by atoms with Crippen molar-refractivity contribution in [3.8, 4) is 0 Å². The number of rotatable bonds is 7. The van der Waals surface area contributed by atoms with Gasteiger partial charge < -0.3 is 24.4 Å². The number of carbonyl (C=O) groups is 3. The van der Waals surface area contributed by atoms with Gasteiger partial charge in [0.15, 0.2) is 0 Å². The van der Waals surface area contributed by atoms with Crippen molar-refractivity contribution in [3.05, 3.63) is 36.5 Å². The largest absolute Gasteiger partial charge is 0.466 e. The van der Waals surface area contributed by atoms with Crippen LogP contribution in [0.25, 0.3) is 0 Å². The third-order valence-corrected chi connectivity index (χ3v) is 2.04. The molecule has 2 N–H and O–H groups in total. The lowest BCUT2D eigenvalue weighted by atomic mass is 10.2. The SMILES string of the molecule is C=CC(=O)OC(O)(CO)OC(=O)C(=C)/C=C(\C)C(=O)OC. The van der Waals surface area contributed by atoms with Crippen LogP contribution >= 0.6 is 0 Å². The van der Waals surface area contributed by atoms with Crippen LogP contribution < -0.4 is 0 Å². The van der Waals surface area contributed by atoms with E-state index >= 15 is 0 Å². The lowest BCUT2D eigenvalue weighted by molar-refractivity contribution is -0.333. The maximum absolute atomic E-state index is 11.6. The fourth-order valence-corrected chi connectivity index (χ4v) is 1.03. The molecule has 0 aliphatic heterocycles. The minimum absolute atomic E-state index is 0.0510. The maximum Gasteiger partial charge on any atom is 0.398 e. The minimum Gasteiger partial charge on any atom is -0.466 e. The van der Waals surface area contributed by atoms with Crippen molar-refractivity contribution in [3.63, 3.8) is 0 Å². The monoisotopic (exact) mass is 300 g/mol. The van der Waals surface area contributed by atoms with Crippen LogP contribution in [0.5, 0.6) is 0 Å². The number of hydrogen-bond donors (Lipinski definition) is 2. The number of ether oxygens (including phenoxy) is 3. The van der Waals surface area contributed by atoms with Gasteiger partial charge in [-0.05, 0) is 13.0 Å². The molecule has 0 aliphatic rings. The van der Waals surface area contributed by atoms with Crippen LogP contribution in [0.2, 0.25) is 0 Å². The Kier molecular flexibility index (Phi) is 7.05. The van der Waals surface area contributed by atoms with Gasteiger partial charge >= 0.3 is 23.9 Å². The molecular formula is C13H16O8. The van der Waals surface area contributed by atoms with Crippen LogP contribution in [0.4, 0.5) is 0 Å². The Bertz CT molecular complexity index is 490. The second-order valence-corrected chi connectivity index (χ2v) is 3.73. The van der Waals surface area contributed by atoms with E-state index in [-0.39, 0.29) is 11.1 Å². The zero-order chi connectivity index (χ0) is 16.6. The van der Waals surface area contributed by atoms with Crippen LogP contribution in [0.15, 0.2) is 36.5 Å². The molecule has 0 amide bonds. The van der Waals surface area contributed by atoms with Gasteiger partial charge in [0.05, 0.1) is 12.7 Å². The highest BCUT2D eigenvalue weighted by atomic mass is 16.8. The first-order valence-electron chi connectivity index (χ1n) is 5.56. The maximum atomic E-state index is 11.6. The van der Waals surface area contributed by atoms with Gasteiger partial charge in [0.1, 0.15) is 6.61 Å². The molecular weight excluding hydrogens is 284 g/mol. The number of aliphatic hydroxyl groups excluding tert-OH is 1. The summed E-state index contributed by atoms with van der Waals surface area (Å²) in [5, 5.41) is 18.5. The predicted octanol–water partition coefficient (Wildman–Crippen LogP) is -0.427. The standard InChI is InChI=1S/C13H16O8/c1-5-10(15)20-13(18,7-14)21-12(17)9(3)6-8(2)11(16)19-4/h5-6,14,18H,1,3,7H2,2,4H3/b8-6+. The normalized spacial score (nSPS) is 13.6. The number of aliphatic hydroxyl groups is 2. The van der Waals surface area contributed by atoms with E-state index in [1.54, 1.807) is 0 Å². The molecule has 0 saturated heterocycles. The topological polar surface area (TPSA) is 119 Å². The number of esters is 3. The van der Waals surface area contributed by atoms with Gasteiger partial charge in [-0.15, -0.1) is 0 Å². The highest BCUT2D eigenvalue weighted by Crippen LogP contribution is 2.13. The fraction of sp³-hybridized carbons (Fsp3) is 0.308. The minimum atomic E-state index is -2.88. The first kappa shape index (κ1) is 18.6. The fourth-order valence-electron chi connectivity index (χ4n) is 1.03. The molecule has 8 nitrogen and oxygen atoms in total. The van der Waals surface area contributed by atoms with Crippen LogP contribution in [0, 0.1) is 0 Å². The summed E-state index contributed by atoms with van der Waals surface area (Å²) in [6, 6.07) is 0. The number of hydrogen-bond acceptors (Lipinski definition) is 8. The van der Waals surface area contributed by atoms with E-state index in [2.05, 4.69) is 27.4 Å². The Morgan fingerprint density at radius 2 is 1.81 bits per heavy atom. The first-order valence-corrected chi connectivity index (χ1v) is 5.56. The van der Waals surface area contributed by atoms with Gasteiger partial charge in [-0.2, -0.15) is 0 Å². The first-order chi connectivity index (χ1) is 9.68. The van der Waals surface area contributed by atoms with Crippen molar-refractivity contribution in [1.29, 1.82) is 0 Å². The predicted molar refractivity (Wildman–Crippen MR) is 69.3 cm³/mol. The van der Waals surface area contributed by atoms with E-state index in [0.29, 0.717) is 6.08 Å². The Hall–Kier alpha value is -2.45. The molecule has 0 spiro atoms. The Morgan fingerprint density at radius 3 is 2.24 bits per heavy atom. The van der Waals surface area contributed by atoms with E-state index in [1.807, 2.05) is 0 Å². The molecule has 0 fully saturated rings. The molecule has 1 atom stereocenters. The van der Waals surface area contributed by atoms with Crippen molar-refractivity contribution in [2.45, 2.75) is 12.9 Å². The van der Waals surface area contributed by atoms with Gasteiger partial charge in [0, 0.05) is 11.6 Å². The lowest BCUT2D eigenvalue weighted by Gasteiger charge is -2.24. The van der Waals surface area contributed by atoms with Crippen LogP contribution in [0.3, 0.4) is 0 Å². The molecule has 21 heavy (non-hydrogen) atoms. The summed E-state index contributed by atoms with van der Waals surface area (Å²) in [6.45, 7) is 6.55. The van der Waals surface area contributed by atoms with Crippen molar-refractivity contribution in [2.24, 2.45) is 0 Å². The quantitative estimate of drug-likeness (QED) is 0.281. The smallest absolute Gasteiger partial charge is 0.398 e. The molecule has 116 valence electrons. The molecule has 8 heteroatoms. The lowest BCUT2D eigenvalue weighted by Crippen LogP contribution is -2.43. The van der Waals surface area contributed by atoms with Crippen molar-refractivity contribution < 1.29 is 38.8 Å². The molecule has 0 aliphatic carbocycles. The summed E-state index contributed by atoms with van der Waals surface area (Å²) >= 11 is 0. The molecule has 0 bridgehead atoms. The molecule has 1 unspecified atom stereocenters. The van der Waals surface area contributed by atoms with Crippen molar-refractivity contribution in [2.75, 3.05) is 13.7 Å². The molecule has 0 aromatic heterocycles. The molecule has 0 radical (unpaired) electrons. The molecule has 0 aromatic carbocycles.